The summed E-state index contributed by atoms with van der Waals surface area (Å²) in [7, 11) is 0. The van der Waals surface area contributed by atoms with Crippen molar-refractivity contribution in [3.05, 3.63) is 0 Å². The predicted molar refractivity (Wildman–Crippen MR) is 86.3 cm³/mol. The number of amides is 2. The van der Waals surface area contributed by atoms with Gasteiger partial charge in [0.05, 0.1) is 18.2 Å². The molecule has 0 aromatic rings. The summed E-state index contributed by atoms with van der Waals surface area (Å²) in [5, 5.41) is 22.1. The van der Waals surface area contributed by atoms with Crippen LogP contribution in [0, 0.1) is 0 Å². The van der Waals surface area contributed by atoms with Gasteiger partial charge in [0.1, 0.15) is 0 Å². The average molecular weight is 327 g/mol. The van der Waals surface area contributed by atoms with Gasteiger partial charge >= 0.3 is 12.0 Å². The topological polar surface area (TPSA) is 93.1 Å². The molecule has 1 saturated heterocycles. The van der Waals surface area contributed by atoms with E-state index in [1.165, 1.54) is 0 Å². The fraction of sp³-hybridized carbons (Fsp3) is 0.875. The lowest BCUT2D eigenvalue weighted by Crippen LogP contribution is -2.58. The Kier molecular flexibility index (Phi) is 5.52. The lowest BCUT2D eigenvalue weighted by molar-refractivity contribution is -0.139. The summed E-state index contributed by atoms with van der Waals surface area (Å²) in [4.78, 5) is 26.9. The van der Waals surface area contributed by atoms with Crippen LogP contribution in [-0.2, 0) is 4.79 Å². The van der Waals surface area contributed by atoms with Crippen LogP contribution in [0.25, 0.3) is 0 Å². The van der Waals surface area contributed by atoms with E-state index in [1.54, 1.807) is 18.7 Å². The Morgan fingerprint density at radius 1 is 1.35 bits per heavy atom. The van der Waals surface area contributed by atoms with Gasteiger partial charge < -0.3 is 20.4 Å². The minimum Gasteiger partial charge on any atom is -0.480 e. The van der Waals surface area contributed by atoms with Crippen LogP contribution < -0.4 is 5.32 Å². The van der Waals surface area contributed by atoms with Crippen molar-refractivity contribution < 1.29 is 19.8 Å². The van der Waals surface area contributed by atoms with Crippen molar-refractivity contribution in [1.29, 1.82) is 0 Å². The van der Waals surface area contributed by atoms with Crippen molar-refractivity contribution in [3.63, 3.8) is 0 Å². The molecule has 7 nitrogen and oxygen atoms in total. The van der Waals surface area contributed by atoms with Crippen molar-refractivity contribution in [2.45, 2.75) is 70.2 Å². The summed E-state index contributed by atoms with van der Waals surface area (Å²) in [6.07, 6.45) is 3.31. The summed E-state index contributed by atoms with van der Waals surface area (Å²) in [6, 6.07) is 0.0698. The number of carboxylic acid groups (broad SMARTS) is 1. The van der Waals surface area contributed by atoms with Crippen molar-refractivity contribution in [2.75, 3.05) is 19.6 Å². The van der Waals surface area contributed by atoms with Crippen LogP contribution in [0.5, 0.6) is 0 Å². The van der Waals surface area contributed by atoms with Gasteiger partial charge in [0.2, 0.25) is 0 Å². The number of carbonyl (C=O) groups excluding carboxylic acids is 1. The zero-order valence-electron chi connectivity index (χ0n) is 14.3. The minimum absolute atomic E-state index is 0.0503. The van der Waals surface area contributed by atoms with E-state index in [0.717, 1.165) is 25.7 Å². The zero-order chi connectivity index (χ0) is 17.2. The number of aliphatic carboxylic acids is 1. The highest BCUT2D eigenvalue weighted by Crippen LogP contribution is 2.29. The molecule has 0 aromatic heterocycles. The van der Waals surface area contributed by atoms with Crippen molar-refractivity contribution in [3.8, 4) is 0 Å². The van der Waals surface area contributed by atoms with Crippen LogP contribution in [0.15, 0.2) is 0 Å². The highest BCUT2D eigenvalue weighted by Gasteiger charge is 2.41. The Hall–Kier alpha value is -1.34. The molecule has 0 spiro atoms. The van der Waals surface area contributed by atoms with E-state index in [1.807, 2.05) is 11.8 Å². The van der Waals surface area contributed by atoms with E-state index in [0.29, 0.717) is 13.1 Å². The second-order valence-electron chi connectivity index (χ2n) is 7.23. The minimum atomic E-state index is -0.892. The molecule has 0 aromatic carbocycles. The quantitative estimate of drug-likeness (QED) is 0.673. The summed E-state index contributed by atoms with van der Waals surface area (Å²) in [5.74, 6) is -0.815. The Bertz CT molecular complexity index is 443. The van der Waals surface area contributed by atoms with Crippen LogP contribution in [0.1, 0.15) is 46.5 Å². The van der Waals surface area contributed by atoms with Gasteiger partial charge in [0.25, 0.3) is 0 Å². The molecular weight excluding hydrogens is 298 g/mol. The van der Waals surface area contributed by atoms with Gasteiger partial charge in [-0.2, -0.15) is 0 Å². The number of urea groups is 1. The molecule has 2 fully saturated rings. The van der Waals surface area contributed by atoms with Gasteiger partial charge in [-0.15, -0.1) is 0 Å². The lowest BCUT2D eigenvalue weighted by Gasteiger charge is -2.43. The lowest BCUT2D eigenvalue weighted by atomic mass is 9.85. The fourth-order valence-electron chi connectivity index (χ4n) is 3.68. The molecule has 0 radical (unpaired) electrons. The first-order chi connectivity index (χ1) is 10.7. The normalized spacial score (nSPS) is 27.9. The van der Waals surface area contributed by atoms with Crippen molar-refractivity contribution in [2.24, 2.45) is 0 Å². The molecule has 1 atom stereocenters. The first kappa shape index (κ1) is 18.0. The molecule has 2 amide bonds. The zero-order valence-corrected chi connectivity index (χ0v) is 14.3. The number of nitrogens with zero attached hydrogens (tertiary/aromatic N) is 2. The Labute approximate surface area is 137 Å². The summed E-state index contributed by atoms with van der Waals surface area (Å²) in [6.45, 7) is 6.87. The molecule has 2 aliphatic rings. The highest BCUT2D eigenvalue weighted by atomic mass is 16.4. The fourth-order valence-corrected chi connectivity index (χ4v) is 3.68. The molecule has 3 N–H and O–H groups in total. The first-order valence-electron chi connectivity index (χ1n) is 8.47. The third-order valence-corrected chi connectivity index (χ3v) is 5.03. The van der Waals surface area contributed by atoms with Crippen LogP contribution >= 0.6 is 0 Å². The van der Waals surface area contributed by atoms with E-state index in [9.17, 15) is 14.7 Å². The number of carboxylic acids is 1. The van der Waals surface area contributed by atoms with Gasteiger partial charge in [-0.1, -0.05) is 6.92 Å². The smallest absolute Gasteiger partial charge is 0.317 e. The maximum absolute atomic E-state index is 12.4. The maximum Gasteiger partial charge on any atom is 0.317 e. The number of hydrogen-bond donors (Lipinski definition) is 3. The van der Waals surface area contributed by atoms with Crippen LogP contribution in [-0.4, -0.2) is 75.4 Å². The Morgan fingerprint density at radius 3 is 2.52 bits per heavy atom. The van der Waals surface area contributed by atoms with Crippen molar-refractivity contribution in [1.82, 2.24) is 15.1 Å². The van der Waals surface area contributed by atoms with Crippen LogP contribution in [0.4, 0.5) is 4.79 Å². The molecule has 7 heteroatoms. The van der Waals surface area contributed by atoms with Gasteiger partial charge in [0, 0.05) is 18.6 Å². The highest BCUT2D eigenvalue weighted by molar-refractivity contribution is 5.75. The molecule has 1 aliphatic heterocycles. The van der Waals surface area contributed by atoms with E-state index in [-0.39, 0.29) is 30.7 Å². The molecule has 2 rings (SSSR count). The van der Waals surface area contributed by atoms with E-state index in [2.05, 4.69) is 5.32 Å². The molecular formula is C16H29N3O4. The Morgan fingerprint density at radius 2 is 2.00 bits per heavy atom. The third kappa shape index (κ3) is 4.35. The number of hydrogen-bond acceptors (Lipinski definition) is 4. The molecule has 0 bridgehead atoms. The van der Waals surface area contributed by atoms with E-state index in [4.69, 9.17) is 5.11 Å². The van der Waals surface area contributed by atoms with Gasteiger partial charge in [0.15, 0.2) is 0 Å². The number of likely N-dealkylation sites (tertiary alicyclic amines) is 1. The summed E-state index contributed by atoms with van der Waals surface area (Å²) in [5.41, 5.74) is -0.892. The number of rotatable bonds is 6. The second-order valence-corrected chi connectivity index (χ2v) is 7.23. The monoisotopic (exact) mass is 327 g/mol. The summed E-state index contributed by atoms with van der Waals surface area (Å²) >= 11 is 0. The van der Waals surface area contributed by atoms with Gasteiger partial charge in [-0.25, -0.2) is 4.79 Å². The van der Waals surface area contributed by atoms with Gasteiger partial charge in [-0.05, 0) is 46.1 Å². The third-order valence-electron chi connectivity index (χ3n) is 5.03. The standard InChI is InChI=1S/C16H29N3O4/c1-4-18(10-14(20)21)12-8-11(9-12)17-15(22)19-7-5-6-13(19)16(2,3)23/h11-13,23H,4-10H2,1-3H3,(H,17,22)(H,20,21). The predicted octanol–water partition coefficient (Wildman–Crippen LogP) is 0.869. The largest absolute Gasteiger partial charge is 0.480 e. The van der Waals surface area contributed by atoms with E-state index < -0.39 is 11.6 Å². The number of likely N-dealkylation sites (N-methyl/N-ethyl adjacent to an activating group) is 1. The number of aliphatic hydroxyl groups is 1. The maximum atomic E-state index is 12.4. The Balaban J connectivity index is 1.81. The van der Waals surface area contributed by atoms with Crippen molar-refractivity contribution >= 4 is 12.0 Å². The first-order valence-corrected chi connectivity index (χ1v) is 8.47. The molecule has 1 heterocycles. The molecule has 1 unspecified atom stereocenters. The summed E-state index contributed by atoms with van der Waals surface area (Å²) < 4.78 is 0. The van der Waals surface area contributed by atoms with Gasteiger partial charge in [-0.3, -0.25) is 9.69 Å². The average Bonchev–Trinajstić information content (AvgIpc) is 2.89. The second kappa shape index (κ2) is 7.05. The molecule has 23 heavy (non-hydrogen) atoms. The molecule has 132 valence electrons. The SMILES string of the molecule is CCN(CC(=O)O)C1CC(NC(=O)N2CCCC2C(C)(C)O)C1. The molecule has 1 saturated carbocycles. The number of carbonyl (C=O) groups is 2. The number of nitrogens with one attached hydrogen (secondary N) is 1. The van der Waals surface area contributed by atoms with Crippen LogP contribution in [0.3, 0.4) is 0 Å². The van der Waals surface area contributed by atoms with E-state index >= 15 is 0 Å². The molecule has 1 aliphatic carbocycles. The van der Waals surface area contributed by atoms with Crippen LogP contribution in [0.2, 0.25) is 0 Å².